The van der Waals surface area contributed by atoms with Crippen LogP contribution in [-0.4, -0.2) is 21.6 Å². The number of nitrogens with one attached hydrogen (secondary N) is 1. The van der Waals surface area contributed by atoms with Gasteiger partial charge in [0, 0.05) is 12.1 Å². The predicted octanol–water partition coefficient (Wildman–Crippen LogP) is 5.71. The smallest absolute Gasteiger partial charge is 0.234 e. The van der Waals surface area contributed by atoms with E-state index < -0.39 is 0 Å². The number of rotatable bonds is 6. The van der Waals surface area contributed by atoms with Crippen LogP contribution in [0.4, 0.5) is 10.1 Å². The van der Waals surface area contributed by atoms with E-state index in [0.717, 1.165) is 39.1 Å². The molecule has 0 aliphatic heterocycles. The van der Waals surface area contributed by atoms with Crippen molar-refractivity contribution in [2.24, 2.45) is 0 Å². The quantitative estimate of drug-likeness (QED) is 0.398. The Labute approximate surface area is 184 Å². The first-order valence-corrected chi connectivity index (χ1v) is 11.0. The Hall–Kier alpha value is -3.25. The molecule has 156 valence electrons. The number of para-hydroxylation sites is 2. The van der Waals surface area contributed by atoms with Crippen molar-refractivity contribution in [1.82, 2.24) is 9.97 Å². The number of halogens is 1. The Bertz CT molecular complexity index is 1240. The van der Waals surface area contributed by atoms with Gasteiger partial charge in [-0.1, -0.05) is 48.2 Å². The zero-order chi connectivity index (χ0) is 21.8. The predicted molar refractivity (Wildman–Crippen MR) is 124 cm³/mol. The molecular weight excluding hydrogens is 409 g/mol. The van der Waals surface area contributed by atoms with Crippen LogP contribution in [0.5, 0.6) is 0 Å². The molecule has 0 spiro atoms. The highest BCUT2D eigenvalue weighted by atomic mass is 32.2. The van der Waals surface area contributed by atoms with Gasteiger partial charge >= 0.3 is 0 Å². The van der Waals surface area contributed by atoms with Gasteiger partial charge in [0.2, 0.25) is 5.91 Å². The lowest BCUT2D eigenvalue weighted by Crippen LogP contribution is -2.15. The number of aryl methyl sites for hydroxylation is 1. The fraction of sp³-hybridized carbons (Fsp3) is 0.160. The van der Waals surface area contributed by atoms with Crippen molar-refractivity contribution in [2.45, 2.75) is 25.3 Å². The van der Waals surface area contributed by atoms with Crippen LogP contribution in [0, 0.1) is 19.7 Å². The molecular formula is C25H22FN3OS. The number of fused-ring (bicyclic) bond motifs is 1. The molecule has 4 aromatic rings. The van der Waals surface area contributed by atoms with Crippen molar-refractivity contribution in [1.29, 1.82) is 0 Å². The summed E-state index contributed by atoms with van der Waals surface area (Å²) in [5, 5.41) is 3.69. The summed E-state index contributed by atoms with van der Waals surface area (Å²) in [5.74, 6) is -0.149. The maximum Gasteiger partial charge on any atom is 0.234 e. The number of carbonyl (C=O) groups excluding carboxylic acids is 1. The lowest BCUT2D eigenvalue weighted by molar-refractivity contribution is -0.113. The summed E-state index contributed by atoms with van der Waals surface area (Å²) in [7, 11) is 0. The number of hydrogen-bond acceptors (Lipinski definition) is 4. The van der Waals surface area contributed by atoms with Gasteiger partial charge in [-0.3, -0.25) is 4.79 Å². The van der Waals surface area contributed by atoms with Gasteiger partial charge in [-0.25, -0.2) is 14.4 Å². The number of anilines is 1. The second-order valence-electron chi connectivity index (χ2n) is 7.35. The number of thioether (sulfide) groups is 1. The van der Waals surface area contributed by atoms with Crippen molar-refractivity contribution in [3.05, 3.63) is 94.9 Å². The molecule has 4 rings (SSSR count). The average Bonchev–Trinajstić information content (AvgIpc) is 2.77. The van der Waals surface area contributed by atoms with Crippen LogP contribution in [0.15, 0.2) is 71.8 Å². The Kier molecular flexibility index (Phi) is 6.28. The standard InChI is InChI=1S/C25H22FN3OS/c1-16-6-5-9-20(17(16)2)28-24(30)15-31-25-23(14-18-10-12-19(26)13-11-18)27-21-7-3-4-8-22(21)29-25/h3-13H,14-15H2,1-2H3,(H,28,30). The summed E-state index contributed by atoms with van der Waals surface area (Å²) in [5.41, 5.74) is 6.30. The van der Waals surface area contributed by atoms with Crippen LogP contribution in [0.2, 0.25) is 0 Å². The number of aromatic nitrogens is 2. The lowest BCUT2D eigenvalue weighted by atomic mass is 10.1. The molecule has 0 aliphatic rings. The van der Waals surface area contributed by atoms with Crippen LogP contribution in [0.25, 0.3) is 11.0 Å². The van der Waals surface area contributed by atoms with Crippen molar-refractivity contribution < 1.29 is 9.18 Å². The summed E-state index contributed by atoms with van der Waals surface area (Å²) in [4.78, 5) is 22.1. The summed E-state index contributed by atoms with van der Waals surface area (Å²) in [6.07, 6.45) is 0.513. The summed E-state index contributed by atoms with van der Waals surface area (Å²) in [6.45, 7) is 4.01. The fourth-order valence-electron chi connectivity index (χ4n) is 3.25. The first-order valence-electron chi connectivity index (χ1n) is 9.98. The highest BCUT2D eigenvalue weighted by Gasteiger charge is 2.13. The number of amides is 1. The fourth-order valence-corrected chi connectivity index (χ4v) is 4.04. The van der Waals surface area contributed by atoms with Gasteiger partial charge in [0.25, 0.3) is 0 Å². The minimum atomic E-state index is -0.272. The van der Waals surface area contributed by atoms with E-state index in [1.54, 1.807) is 12.1 Å². The number of benzene rings is 3. The number of hydrogen-bond donors (Lipinski definition) is 1. The largest absolute Gasteiger partial charge is 0.325 e. The van der Waals surface area contributed by atoms with E-state index >= 15 is 0 Å². The van der Waals surface area contributed by atoms with E-state index in [9.17, 15) is 9.18 Å². The first-order chi connectivity index (χ1) is 15.0. The lowest BCUT2D eigenvalue weighted by Gasteiger charge is -2.12. The van der Waals surface area contributed by atoms with Crippen molar-refractivity contribution >= 4 is 34.4 Å². The summed E-state index contributed by atoms with van der Waals surface area (Å²) >= 11 is 1.36. The number of nitrogens with zero attached hydrogens (tertiary/aromatic N) is 2. The molecule has 3 aromatic carbocycles. The normalized spacial score (nSPS) is 10.9. The average molecular weight is 432 g/mol. The van der Waals surface area contributed by atoms with Crippen LogP contribution < -0.4 is 5.32 Å². The monoisotopic (exact) mass is 431 g/mol. The van der Waals surface area contributed by atoms with E-state index in [0.29, 0.717) is 11.4 Å². The first kappa shape index (κ1) is 21.0. The molecule has 0 saturated heterocycles. The van der Waals surface area contributed by atoms with E-state index in [1.807, 2.05) is 56.3 Å². The zero-order valence-corrected chi connectivity index (χ0v) is 18.2. The molecule has 1 heterocycles. The van der Waals surface area contributed by atoms with Crippen molar-refractivity contribution in [3.63, 3.8) is 0 Å². The minimum Gasteiger partial charge on any atom is -0.325 e. The maximum absolute atomic E-state index is 13.3. The molecule has 0 atom stereocenters. The third kappa shape index (κ3) is 5.09. The Balaban J connectivity index is 1.55. The Morgan fingerprint density at radius 3 is 2.39 bits per heavy atom. The second-order valence-corrected chi connectivity index (χ2v) is 8.32. The van der Waals surface area contributed by atoms with E-state index in [4.69, 9.17) is 9.97 Å². The van der Waals surface area contributed by atoms with E-state index in [2.05, 4.69) is 5.32 Å². The molecule has 0 bridgehead atoms. The zero-order valence-electron chi connectivity index (χ0n) is 17.4. The van der Waals surface area contributed by atoms with E-state index in [-0.39, 0.29) is 17.5 Å². The molecule has 0 unspecified atom stereocenters. The number of carbonyl (C=O) groups is 1. The second kappa shape index (κ2) is 9.27. The highest BCUT2D eigenvalue weighted by Crippen LogP contribution is 2.25. The molecule has 4 nitrogen and oxygen atoms in total. The van der Waals surface area contributed by atoms with Crippen LogP contribution in [0.3, 0.4) is 0 Å². The highest BCUT2D eigenvalue weighted by molar-refractivity contribution is 8.00. The van der Waals surface area contributed by atoms with Gasteiger partial charge < -0.3 is 5.32 Å². The third-order valence-corrected chi connectivity index (χ3v) is 6.12. The molecule has 6 heteroatoms. The molecule has 0 fully saturated rings. The van der Waals surface area contributed by atoms with Gasteiger partial charge in [0.15, 0.2) is 0 Å². The molecule has 0 radical (unpaired) electrons. The van der Waals surface area contributed by atoms with Gasteiger partial charge in [-0.05, 0) is 60.9 Å². The molecule has 0 aliphatic carbocycles. The Morgan fingerprint density at radius 2 is 1.65 bits per heavy atom. The van der Waals surface area contributed by atoms with Crippen molar-refractivity contribution in [3.8, 4) is 0 Å². The van der Waals surface area contributed by atoms with Gasteiger partial charge in [-0.15, -0.1) is 0 Å². The molecule has 1 amide bonds. The SMILES string of the molecule is Cc1cccc(NC(=O)CSc2nc3ccccc3nc2Cc2ccc(F)cc2)c1C. The van der Waals surface area contributed by atoms with Gasteiger partial charge in [0.05, 0.1) is 22.5 Å². The molecule has 1 N–H and O–H groups in total. The van der Waals surface area contributed by atoms with Crippen LogP contribution in [0.1, 0.15) is 22.4 Å². The maximum atomic E-state index is 13.3. The van der Waals surface area contributed by atoms with Gasteiger partial charge in [0.1, 0.15) is 10.8 Å². The molecule has 0 saturated carbocycles. The van der Waals surface area contributed by atoms with Crippen LogP contribution in [-0.2, 0) is 11.2 Å². The van der Waals surface area contributed by atoms with Crippen molar-refractivity contribution in [2.75, 3.05) is 11.1 Å². The summed E-state index contributed by atoms with van der Waals surface area (Å²) < 4.78 is 13.3. The summed E-state index contributed by atoms with van der Waals surface area (Å²) in [6, 6.07) is 19.9. The Morgan fingerprint density at radius 1 is 0.935 bits per heavy atom. The van der Waals surface area contributed by atoms with Gasteiger partial charge in [-0.2, -0.15) is 0 Å². The van der Waals surface area contributed by atoms with E-state index in [1.165, 1.54) is 23.9 Å². The third-order valence-electron chi connectivity index (χ3n) is 5.11. The topological polar surface area (TPSA) is 54.9 Å². The molecule has 1 aromatic heterocycles. The minimum absolute atomic E-state index is 0.0959. The molecule has 31 heavy (non-hydrogen) atoms. The van der Waals surface area contributed by atoms with Crippen LogP contribution >= 0.6 is 11.8 Å².